The summed E-state index contributed by atoms with van der Waals surface area (Å²) in [6.07, 6.45) is 14.2. The van der Waals surface area contributed by atoms with Crippen LogP contribution in [0.25, 0.3) is 0 Å². The highest BCUT2D eigenvalue weighted by molar-refractivity contribution is 5.76. The Labute approximate surface area is 165 Å². The van der Waals surface area contributed by atoms with E-state index in [9.17, 15) is 4.79 Å². The van der Waals surface area contributed by atoms with E-state index in [2.05, 4.69) is 12.1 Å². The van der Waals surface area contributed by atoms with Gasteiger partial charge in [-0.3, -0.25) is 4.79 Å². The largest absolute Gasteiger partial charge is 0.493 e. The first-order chi connectivity index (χ1) is 13.2. The molecule has 1 aromatic carbocycles. The maximum absolute atomic E-state index is 12.0. The molecule has 1 heterocycles. The normalized spacial score (nSPS) is 13.8. The highest BCUT2D eigenvalue weighted by Crippen LogP contribution is 2.28. The van der Waals surface area contributed by atoms with Crippen LogP contribution in [0.1, 0.15) is 76.2 Å². The van der Waals surface area contributed by atoms with Crippen molar-refractivity contribution in [2.75, 3.05) is 27.3 Å². The minimum absolute atomic E-state index is 0.377. The van der Waals surface area contributed by atoms with Crippen LogP contribution in [0.3, 0.4) is 0 Å². The second kappa shape index (κ2) is 12.6. The monoisotopic (exact) mass is 375 g/mol. The summed E-state index contributed by atoms with van der Waals surface area (Å²) in [5, 5.41) is 0. The molecule has 2 rings (SSSR count). The van der Waals surface area contributed by atoms with Crippen molar-refractivity contribution in [3.05, 3.63) is 23.8 Å². The van der Waals surface area contributed by atoms with Gasteiger partial charge in [-0.05, 0) is 49.8 Å². The van der Waals surface area contributed by atoms with Gasteiger partial charge in [0.2, 0.25) is 5.91 Å². The van der Waals surface area contributed by atoms with E-state index >= 15 is 0 Å². The quantitative estimate of drug-likeness (QED) is 0.435. The average Bonchev–Trinajstić information content (AvgIpc) is 3.24. The number of nitrogens with zero attached hydrogens (tertiary/aromatic N) is 1. The van der Waals surface area contributed by atoms with E-state index in [4.69, 9.17) is 9.47 Å². The summed E-state index contributed by atoms with van der Waals surface area (Å²) < 4.78 is 10.6. The number of carbonyl (C=O) groups excluding carboxylic acids is 1. The lowest BCUT2D eigenvalue weighted by Gasteiger charge is -2.14. The molecule has 0 saturated carbocycles. The van der Waals surface area contributed by atoms with Crippen LogP contribution in [0.2, 0.25) is 0 Å². The third kappa shape index (κ3) is 7.82. The molecule has 152 valence electrons. The first kappa shape index (κ1) is 21.6. The fourth-order valence-corrected chi connectivity index (χ4v) is 3.83. The predicted octanol–water partition coefficient (Wildman–Crippen LogP) is 5.38. The lowest BCUT2D eigenvalue weighted by atomic mass is 10.0. The standard InChI is InChI=1S/C23H37NO3/c1-26-21-16-15-20(19-22(21)27-2)13-9-7-5-3-4-6-8-10-14-23(25)24-17-11-12-18-24/h15-16,19H,3-14,17-18H2,1-2H3. The zero-order valence-electron chi connectivity index (χ0n) is 17.3. The summed E-state index contributed by atoms with van der Waals surface area (Å²) in [6.45, 7) is 1.98. The fourth-order valence-electron chi connectivity index (χ4n) is 3.83. The summed E-state index contributed by atoms with van der Waals surface area (Å²) >= 11 is 0. The van der Waals surface area contributed by atoms with Gasteiger partial charge in [0.15, 0.2) is 11.5 Å². The van der Waals surface area contributed by atoms with Crippen LogP contribution in [0.4, 0.5) is 0 Å². The van der Waals surface area contributed by atoms with Gasteiger partial charge in [-0.2, -0.15) is 0 Å². The molecule has 27 heavy (non-hydrogen) atoms. The van der Waals surface area contributed by atoms with E-state index < -0.39 is 0 Å². The van der Waals surface area contributed by atoms with Crippen molar-refractivity contribution in [1.29, 1.82) is 0 Å². The first-order valence-corrected chi connectivity index (χ1v) is 10.7. The molecular formula is C23H37NO3. The number of rotatable bonds is 13. The Kier molecular flexibility index (Phi) is 10.1. The van der Waals surface area contributed by atoms with Gasteiger partial charge in [-0.1, -0.05) is 44.6 Å². The third-order valence-electron chi connectivity index (χ3n) is 5.51. The Balaban J connectivity index is 1.44. The van der Waals surface area contributed by atoms with Crippen LogP contribution < -0.4 is 9.47 Å². The van der Waals surface area contributed by atoms with Gasteiger partial charge in [-0.15, -0.1) is 0 Å². The number of hydrogen-bond donors (Lipinski definition) is 0. The molecule has 1 aromatic rings. The van der Waals surface area contributed by atoms with Gasteiger partial charge in [0.25, 0.3) is 0 Å². The Hall–Kier alpha value is -1.71. The summed E-state index contributed by atoms with van der Waals surface area (Å²) in [5.41, 5.74) is 1.32. The molecule has 0 radical (unpaired) electrons. The molecule has 1 aliphatic rings. The van der Waals surface area contributed by atoms with Crippen molar-refractivity contribution in [1.82, 2.24) is 4.90 Å². The zero-order valence-corrected chi connectivity index (χ0v) is 17.3. The smallest absolute Gasteiger partial charge is 0.222 e. The molecule has 0 atom stereocenters. The maximum atomic E-state index is 12.0. The lowest BCUT2D eigenvalue weighted by molar-refractivity contribution is -0.130. The van der Waals surface area contributed by atoms with Crippen molar-refractivity contribution in [2.24, 2.45) is 0 Å². The van der Waals surface area contributed by atoms with Gasteiger partial charge < -0.3 is 14.4 Å². The molecule has 0 N–H and O–H groups in total. The number of unbranched alkanes of at least 4 members (excludes halogenated alkanes) is 7. The van der Waals surface area contributed by atoms with Crippen molar-refractivity contribution in [3.8, 4) is 11.5 Å². The van der Waals surface area contributed by atoms with Crippen LogP contribution in [0.5, 0.6) is 11.5 Å². The Bertz CT molecular complexity index is 553. The number of amides is 1. The van der Waals surface area contributed by atoms with Gasteiger partial charge in [0, 0.05) is 19.5 Å². The van der Waals surface area contributed by atoms with E-state index in [1.807, 2.05) is 11.0 Å². The SMILES string of the molecule is COc1ccc(CCCCCCCCCCC(=O)N2CCCC2)cc1OC. The number of ether oxygens (including phenoxy) is 2. The van der Waals surface area contributed by atoms with Gasteiger partial charge >= 0.3 is 0 Å². The third-order valence-corrected chi connectivity index (χ3v) is 5.51. The van der Waals surface area contributed by atoms with E-state index in [0.717, 1.165) is 43.9 Å². The average molecular weight is 376 g/mol. The van der Waals surface area contributed by atoms with Crippen LogP contribution in [-0.4, -0.2) is 38.1 Å². The van der Waals surface area contributed by atoms with Crippen LogP contribution in [0.15, 0.2) is 18.2 Å². The van der Waals surface area contributed by atoms with E-state index in [1.54, 1.807) is 14.2 Å². The van der Waals surface area contributed by atoms with Crippen molar-refractivity contribution in [2.45, 2.75) is 77.0 Å². The number of carbonyl (C=O) groups is 1. The molecule has 0 spiro atoms. The maximum Gasteiger partial charge on any atom is 0.222 e. The molecule has 4 nitrogen and oxygen atoms in total. The van der Waals surface area contributed by atoms with E-state index in [0.29, 0.717) is 5.91 Å². The number of methoxy groups -OCH3 is 2. The minimum Gasteiger partial charge on any atom is -0.493 e. The van der Waals surface area contributed by atoms with Gasteiger partial charge in [0.05, 0.1) is 14.2 Å². The molecule has 0 bridgehead atoms. The zero-order chi connectivity index (χ0) is 19.3. The molecule has 4 heteroatoms. The van der Waals surface area contributed by atoms with Crippen molar-refractivity contribution < 1.29 is 14.3 Å². The number of benzene rings is 1. The van der Waals surface area contributed by atoms with Gasteiger partial charge in [-0.25, -0.2) is 0 Å². The molecular weight excluding hydrogens is 338 g/mol. The van der Waals surface area contributed by atoms with Crippen molar-refractivity contribution in [3.63, 3.8) is 0 Å². The molecule has 0 aromatic heterocycles. The number of hydrogen-bond acceptors (Lipinski definition) is 3. The predicted molar refractivity (Wildman–Crippen MR) is 111 cm³/mol. The lowest BCUT2D eigenvalue weighted by Crippen LogP contribution is -2.27. The molecule has 1 fully saturated rings. The highest BCUT2D eigenvalue weighted by atomic mass is 16.5. The Morgan fingerprint density at radius 2 is 1.44 bits per heavy atom. The molecule has 1 aliphatic heterocycles. The first-order valence-electron chi connectivity index (χ1n) is 10.7. The molecule has 1 saturated heterocycles. The van der Waals surface area contributed by atoms with Crippen molar-refractivity contribution >= 4 is 5.91 Å². The summed E-state index contributed by atoms with van der Waals surface area (Å²) in [6, 6.07) is 6.20. The number of likely N-dealkylation sites (tertiary alicyclic amines) is 1. The Morgan fingerprint density at radius 3 is 2.07 bits per heavy atom. The second-order valence-corrected chi connectivity index (χ2v) is 7.61. The van der Waals surface area contributed by atoms with Crippen LogP contribution in [-0.2, 0) is 11.2 Å². The molecule has 1 amide bonds. The minimum atomic E-state index is 0.377. The fraction of sp³-hybridized carbons (Fsp3) is 0.696. The second-order valence-electron chi connectivity index (χ2n) is 7.61. The van der Waals surface area contributed by atoms with Crippen LogP contribution >= 0.6 is 0 Å². The molecule has 0 aliphatic carbocycles. The topological polar surface area (TPSA) is 38.8 Å². The highest BCUT2D eigenvalue weighted by Gasteiger charge is 2.16. The van der Waals surface area contributed by atoms with E-state index in [-0.39, 0.29) is 0 Å². The van der Waals surface area contributed by atoms with E-state index in [1.165, 1.54) is 63.4 Å². The van der Waals surface area contributed by atoms with Crippen LogP contribution in [0, 0.1) is 0 Å². The summed E-state index contributed by atoms with van der Waals surface area (Å²) in [7, 11) is 3.35. The Morgan fingerprint density at radius 1 is 0.852 bits per heavy atom. The number of aryl methyl sites for hydroxylation is 1. The summed E-state index contributed by atoms with van der Waals surface area (Å²) in [4.78, 5) is 14.0. The summed E-state index contributed by atoms with van der Waals surface area (Å²) in [5.74, 6) is 1.99. The van der Waals surface area contributed by atoms with Gasteiger partial charge in [0.1, 0.15) is 0 Å². The molecule has 0 unspecified atom stereocenters.